The first-order valence-corrected chi connectivity index (χ1v) is 11.5. The summed E-state index contributed by atoms with van der Waals surface area (Å²) in [6.45, 7) is 1.98. The van der Waals surface area contributed by atoms with E-state index in [1.54, 1.807) is 0 Å². The molecule has 0 amide bonds. The zero-order chi connectivity index (χ0) is 21.3. The Morgan fingerprint density at radius 2 is 1.81 bits per heavy atom. The Bertz CT molecular complexity index is 1340. The molecule has 0 unspecified atom stereocenters. The van der Waals surface area contributed by atoms with Crippen LogP contribution < -0.4 is 5.32 Å². The molecule has 3 aromatic heterocycles. The minimum Gasteiger partial charge on any atom is -0.353 e. The number of H-pyrrole nitrogens is 2. The number of rotatable bonds is 6. The van der Waals surface area contributed by atoms with Crippen LogP contribution in [0.3, 0.4) is 0 Å². The van der Waals surface area contributed by atoms with Crippen molar-refractivity contribution in [3.05, 3.63) is 72.6 Å². The van der Waals surface area contributed by atoms with Crippen LogP contribution in [0, 0.1) is 5.92 Å². The van der Waals surface area contributed by atoms with Gasteiger partial charge in [-0.3, -0.25) is 10.1 Å². The van der Waals surface area contributed by atoms with Crippen molar-refractivity contribution >= 4 is 21.8 Å². The van der Waals surface area contributed by atoms with Crippen molar-refractivity contribution in [3.8, 4) is 22.5 Å². The Kier molecular flexibility index (Phi) is 4.96. The maximum Gasteiger partial charge on any atom is 0.116 e. The summed E-state index contributed by atoms with van der Waals surface area (Å²) in [5.41, 5.74) is 7.64. The third-order valence-electron chi connectivity index (χ3n) is 6.71. The van der Waals surface area contributed by atoms with Gasteiger partial charge in [0.05, 0.1) is 11.2 Å². The molecule has 32 heavy (non-hydrogen) atoms. The van der Waals surface area contributed by atoms with E-state index in [4.69, 9.17) is 0 Å². The molecule has 160 valence electrons. The van der Waals surface area contributed by atoms with E-state index in [1.165, 1.54) is 36.6 Å². The summed E-state index contributed by atoms with van der Waals surface area (Å²) >= 11 is 0. The molecule has 5 nitrogen and oxygen atoms in total. The summed E-state index contributed by atoms with van der Waals surface area (Å²) in [6.07, 6.45) is 9.44. The Balaban J connectivity index is 1.28. The maximum atomic E-state index is 4.61. The summed E-state index contributed by atoms with van der Waals surface area (Å²) in [5, 5.41) is 13.7. The van der Waals surface area contributed by atoms with Gasteiger partial charge in [0.15, 0.2) is 0 Å². The highest BCUT2D eigenvalue weighted by atomic mass is 15.1. The number of hydrogen-bond donors (Lipinski definition) is 3. The lowest BCUT2D eigenvalue weighted by Gasteiger charge is -2.11. The highest BCUT2D eigenvalue weighted by molar-refractivity contribution is 5.97. The fourth-order valence-electron chi connectivity index (χ4n) is 4.98. The number of pyridine rings is 1. The second-order valence-electron chi connectivity index (χ2n) is 8.97. The number of hydrogen-bond acceptors (Lipinski definition) is 3. The highest BCUT2D eigenvalue weighted by Gasteiger charge is 2.15. The second-order valence-corrected chi connectivity index (χ2v) is 8.97. The zero-order valence-electron chi connectivity index (χ0n) is 18.1. The first kappa shape index (κ1) is 19.3. The molecule has 0 aliphatic heterocycles. The average Bonchev–Trinajstić information content (AvgIpc) is 3.58. The van der Waals surface area contributed by atoms with Gasteiger partial charge in [-0.2, -0.15) is 5.10 Å². The molecular formula is C27H27N5. The summed E-state index contributed by atoms with van der Waals surface area (Å²) in [6, 6.07) is 19.2. The van der Waals surface area contributed by atoms with Crippen molar-refractivity contribution < 1.29 is 0 Å². The van der Waals surface area contributed by atoms with E-state index in [1.807, 2.05) is 18.5 Å². The molecule has 1 aliphatic rings. The fourth-order valence-corrected chi connectivity index (χ4v) is 4.98. The first-order chi connectivity index (χ1) is 15.8. The van der Waals surface area contributed by atoms with Gasteiger partial charge < -0.3 is 10.3 Å². The van der Waals surface area contributed by atoms with Crippen LogP contribution >= 0.6 is 0 Å². The van der Waals surface area contributed by atoms with E-state index in [2.05, 4.69) is 74.0 Å². The van der Waals surface area contributed by atoms with Gasteiger partial charge in [-0.15, -0.1) is 0 Å². The normalized spacial score (nSPS) is 14.6. The van der Waals surface area contributed by atoms with E-state index in [9.17, 15) is 0 Å². The zero-order valence-corrected chi connectivity index (χ0v) is 18.1. The molecule has 5 aromatic rings. The van der Waals surface area contributed by atoms with Gasteiger partial charge in [0.1, 0.15) is 5.69 Å². The first-order valence-electron chi connectivity index (χ1n) is 11.5. The van der Waals surface area contributed by atoms with Gasteiger partial charge in [0, 0.05) is 40.8 Å². The number of para-hydroxylation sites is 1. The molecule has 0 bridgehead atoms. The van der Waals surface area contributed by atoms with Gasteiger partial charge in [-0.05, 0) is 66.8 Å². The van der Waals surface area contributed by atoms with E-state index in [0.717, 1.165) is 57.9 Å². The minimum atomic E-state index is 0.845. The SMILES string of the molecule is c1ccc2[nH]c(-c3n[nH]c4ccc(-c5cncc(CNCC6CCCC6)c5)cc34)cc2c1. The number of nitrogens with one attached hydrogen (secondary N) is 3. The predicted octanol–water partition coefficient (Wildman–Crippen LogP) is 6.05. The van der Waals surface area contributed by atoms with E-state index >= 15 is 0 Å². The van der Waals surface area contributed by atoms with Crippen LogP contribution in [0.5, 0.6) is 0 Å². The summed E-state index contributed by atoms with van der Waals surface area (Å²) in [7, 11) is 0. The molecule has 1 aliphatic carbocycles. The molecule has 1 fully saturated rings. The smallest absolute Gasteiger partial charge is 0.116 e. The topological polar surface area (TPSA) is 69.4 Å². The van der Waals surface area contributed by atoms with Crippen LogP contribution in [0.2, 0.25) is 0 Å². The highest BCUT2D eigenvalue weighted by Crippen LogP contribution is 2.32. The van der Waals surface area contributed by atoms with Crippen LogP contribution in [-0.4, -0.2) is 26.7 Å². The van der Waals surface area contributed by atoms with E-state index in [-0.39, 0.29) is 0 Å². The Morgan fingerprint density at radius 3 is 2.72 bits per heavy atom. The Hall–Kier alpha value is -3.44. The molecular weight excluding hydrogens is 394 g/mol. The average molecular weight is 422 g/mol. The standard InChI is InChI=1S/C27H27N5/c1-2-6-18(5-1)14-28-15-19-11-22(17-29-16-19)20-9-10-25-23(12-20)27(32-31-25)26-13-21-7-3-4-8-24(21)30-26/h3-4,7-13,16-18,28,30H,1-2,5-6,14-15H2,(H,31,32). The molecule has 0 atom stereocenters. The lowest BCUT2D eigenvalue weighted by atomic mass is 10.0. The van der Waals surface area contributed by atoms with Gasteiger partial charge in [0.2, 0.25) is 0 Å². The lowest BCUT2D eigenvalue weighted by molar-refractivity contribution is 0.489. The van der Waals surface area contributed by atoms with Crippen molar-refractivity contribution in [1.82, 2.24) is 25.5 Å². The number of nitrogens with zero attached hydrogens (tertiary/aromatic N) is 2. The maximum absolute atomic E-state index is 4.61. The monoisotopic (exact) mass is 421 g/mol. The fraction of sp³-hybridized carbons (Fsp3) is 0.259. The van der Waals surface area contributed by atoms with Crippen molar-refractivity contribution in [2.45, 2.75) is 32.2 Å². The third-order valence-corrected chi connectivity index (χ3v) is 6.71. The van der Waals surface area contributed by atoms with Crippen molar-refractivity contribution in [2.24, 2.45) is 5.92 Å². The molecule has 6 rings (SSSR count). The second kappa shape index (κ2) is 8.24. The van der Waals surface area contributed by atoms with Gasteiger partial charge in [-0.1, -0.05) is 37.1 Å². The molecule has 1 saturated carbocycles. The number of aromatic nitrogens is 4. The largest absolute Gasteiger partial charge is 0.353 e. The molecule has 5 heteroatoms. The van der Waals surface area contributed by atoms with Crippen molar-refractivity contribution in [2.75, 3.05) is 6.54 Å². The van der Waals surface area contributed by atoms with E-state index < -0.39 is 0 Å². The third kappa shape index (κ3) is 3.69. The van der Waals surface area contributed by atoms with Crippen molar-refractivity contribution in [1.29, 1.82) is 0 Å². The molecule has 2 aromatic carbocycles. The number of aromatic amines is 2. The Morgan fingerprint density at radius 1 is 0.906 bits per heavy atom. The Labute approximate surface area is 187 Å². The van der Waals surface area contributed by atoms with Crippen LogP contribution in [0.4, 0.5) is 0 Å². The minimum absolute atomic E-state index is 0.845. The van der Waals surface area contributed by atoms with Crippen molar-refractivity contribution in [3.63, 3.8) is 0 Å². The van der Waals surface area contributed by atoms with Crippen LogP contribution in [0.1, 0.15) is 31.2 Å². The number of fused-ring (bicyclic) bond motifs is 2. The van der Waals surface area contributed by atoms with Crippen LogP contribution in [-0.2, 0) is 6.54 Å². The van der Waals surface area contributed by atoms with Crippen LogP contribution in [0.25, 0.3) is 44.3 Å². The molecule has 0 spiro atoms. The molecule has 3 heterocycles. The summed E-state index contributed by atoms with van der Waals surface area (Å²) in [5.74, 6) is 0.845. The molecule has 0 saturated heterocycles. The van der Waals surface area contributed by atoms with Gasteiger partial charge in [0.25, 0.3) is 0 Å². The lowest BCUT2D eigenvalue weighted by Crippen LogP contribution is -2.20. The molecule has 0 radical (unpaired) electrons. The predicted molar refractivity (Wildman–Crippen MR) is 130 cm³/mol. The van der Waals surface area contributed by atoms with Gasteiger partial charge in [-0.25, -0.2) is 0 Å². The summed E-state index contributed by atoms with van der Waals surface area (Å²) in [4.78, 5) is 8.02. The molecule has 3 N–H and O–H groups in total. The quantitative estimate of drug-likeness (QED) is 0.312. The van der Waals surface area contributed by atoms with Gasteiger partial charge >= 0.3 is 0 Å². The van der Waals surface area contributed by atoms with Crippen LogP contribution in [0.15, 0.2) is 67.0 Å². The number of benzene rings is 2. The van der Waals surface area contributed by atoms with E-state index in [0.29, 0.717) is 0 Å². The summed E-state index contributed by atoms with van der Waals surface area (Å²) < 4.78 is 0.